The van der Waals surface area contributed by atoms with Crippen molar-refractivity contribution in [2.75, 3.05) is 13.1 Å². The van der Waals surface area contributed by atoms with Gasteiger partial charge in [0, 0.05) is 19.1 Å². The van der Waals surface area contributed by atoms with E-state index in [-0.39, 0.29) is 0 Å². The van der Waals surface area contributed by atoms with Crippen molar-refractivity contribution >= 4 is 18.8 Å². The second kappa shape index (κ2) is 2.94. The molecule has 1 N–H and O–H groups in total. The lowest BCUT2D eigenvalue weighted by Gasteiger charge is -2.29. The lowest BCUT2D eigenvalue weighted by molar-refractivity contribution is 0.292. The topological polar surface area (TPSA) is 15.3 Å². The van der Waals surface area contributed by atoms with Gasteiger partial charge in [-0.1, -0.05) is 17.7 Å². The maximum Gasteiger partial charge on any atom is 0.137 e. The van der Waals surface area contributed by atoms with Crippen LogP contribution in [0.15, 0.2) is 0 Å². The Morgan fingerprint density at radius 1 is 1.50 bits per heavy atom. The standard InChI is InChI=1S/C6H12ClN2P/c7-10-8-5-6-3-1-2-4-9(6)10/h6,8H,1-5H2. The highest BCUT2D eigenvalue weighted by molar-refractivity contribution is 7.80. The third-order valence-electron chi connectivity index (χ3n) is 2.28. The lowest BCUT2D eigenvalue weighted by Crippen LogP contribution is -2.31. The summed E-state index contributed by atoms with van der Waals surface area (Å²) in [6.07, 6.45) is 4.07. The first-order valence-electron chi connectivity index (χ1n) is 3.84. The van der Waals surface area contributed by atoms with Gasteiger partial charge in [-0.3, -0.25) is 9.76 Å². The molecule has 0 saturated carbocycles. The summed E-state index contributed by atoms with van der Waals surface area (Å²) in [5.74, 6) is 0. The maximum atomic E-state index is 6.07. The molecule has 2 aliphatic heterocycles. The van der Waals surface area contributed by atoms with E-state index in [1.165, 1.54) is 25.8 Å². The van der Waals surface area contributed by atoms with E-state index >= 15 is 0 Å². The summed E-state index contributed by atoms with van der Waals surface area (Å²) >= 11 is 6.07. The fourth-order valence-corrected chi connectivity index (χ4v) is 3.84. The zero-order valence-electron chi connectivity index (χ0n) is 5.89. The van der Waals surface area contributed by atoms with Crippen LogP contribution in [-0.4, -0.2) is 23.8 Å². The summed E-state index contributed by atoms with van der Waals surface area (Å²) in [5.41, 5.74) is 0. The largest absolute Gasteiger partial charge is 0.269 e. The summed E-state index contributed by atoms with van der Waals surface area (Å²) in [7, 11) is -0.467. The summed E-state index contributed by atoms with van der Waals surface area (Å²) in [6.45, 7) is 2.34. The fraction of sp³-hybridized carbons (Fsp3) is 1.00. The van der Waals surface area contributed by atoms with Gasteiger partial charge in [-0.05, 0) is 12.8 Å². The molecule has 2 heterocycles. The number of hydrogen-bond donors (Lipinski definition) is 1. The van der Waals surface area contributed by atoms with Gasteiger partial charge in [0.2, 0.25) is 0 Å². The van der Waals surface area contributed by atoms with Crippen LogP contribution in [0.4, 0.5) is 0 Å². The number of nitrogens with zero attached hydrogens (tertiary/aromatic N) is 1. The van der Waals surface area contributed by atoms with Crippen molar-refractivity contribution in [3.8, 4) is 0 Å². The van der Waals surface area contributed by atoms with E-state index in [1.807, 2.05) is 0 Å². The monoisotopic (exact) mass is 178 g/mol. The molecule has 2 nitrogen and oxygen atoms in total. The first kappa shape index (κ1) is 7.30. The Morgan fingerprint density at radius 3 is 3.20 bits per heavy atom. The molecule has 2 rings (SSSR count). The molecule has 4 heteroatoms. The molecule has 0 aromatic rings. The molecule has 2 fully saturated rings. The number of halogens is 1. The molecule has 0 aromatic carbocycles. The van der Waals surface area contributed by atoms with Crippen LogP contribution in [0.5, 0.6) is 0 Å². The van der Waals surface area contributed by atoms with Gasteiger partial charge in [0.25, 0.3) is 0 Å². The molecule has 2 saturated heterocycles. The number of nitrogens with one attached hydrogen (secondary N) is 1. The molecule has 2 unspecified atom stereocenters. The van der Waals surface area contributed by atoms with Crippen LogP contribution < -0.4 is 5.09 Å². The van der Waals surface area contributed by atoms with Crippen LogP contribution in [0.25, 0.3) is 0 Å². The number of fused-ring (bicyclic) bond motifs is 1. The van der Waals surface area contributed by atoms with Gasteiger partial charge < -0.3 is 0 Å². The molecule has 0 aliphatic carbocycles. The molecule has 0 amide bonds. The van der Waals surface area contributed by atoms with Crippen molar-refractivity contribution < 1.29 is 0 Å². The maximum absolute atomic E-state index is 6.07. The highest BCUT2D eigenvalue weighted by Gasteiger charge is 2.33. The van der Waals surface area contributed by atoms with E-state index in [1.54, 1.807) is 0 Å². The van der Waals surface area contributed by atoms with Crippen LogP contribution in [0.1, 0.15) is 19.3 Å². The van der Waals surface area contributed by atoms with E-state index in [2.05, 4.69) is 9.76 Å². The summed E-state index contributed by atoms with van der Waals surface area (Å²) in [5, 5.41) is 3.32. The number of hydrogen-bond acceptors (Lipinski definition) is 2. The van der Waals surface area contributed by atoms with Gasteiger partial charge in [0.05, 0.1) is 0 Å². The predicted octanol–water partition coefficient (Wildman–Crippen LogP) is 1.91. The van der Waals surface area contributed by atoms with Crippen LogP contribution in [-0.2, 0) is 0 Å². The zero-order chi connectivity index (χ0) is 6.97. The van der Waals surface area contributed by atoms with E-state index in [0.717, 1.165) is 12.6 Å². The normalized spacial score (nSPS) is 41.7. The molecule has 58 valence electrons. The highest BCUT2D eigenvalue weighted by Crippen LogP contribution is 2.49. The fourth-order valence-electron chi connectivity index (χ4n) is 1.70. The van der Waals surface area contributed by atoms with Gasteiger partial charge in [-0.25, -0.2) is 0 Å². The predicted molar refractivity (Wildman–Crippen MR) is 45.1 cm³/mol. The average molecular weight is 179 g/mol. The molecule has 2 atom stereocenters. The second-order valence-corrected chi connectivity index (χ2v) is 5.25. The molecule has 2 aliphatic rings. The molecular weight excluding hydrogens is 167 g/mol. The molecule has 0 spiro atoms. The Bertz CT molecular complexity index is 131. The van der Waals surface area contributed by atoms with Crippen LogP contribution in [0.2, 0.25) is 0 Å². The third-order valence-corrected chi connectivity index (χ3v) is 4.64. The van der Waals surface area contributed by atoms with Crippen molar-refractivity contribution in [1.29, 1.82) is 0 Å². The summed E-state index contributed by atoms with van der Waals surface area (Å²) < 4.78 is 2.43. The Balaban J connectivity index is 2.01. The highest BCUT2D eigenvalue weighted by atomic mass is 35.7. The molecule has 0 aromatic heterocycles. The van der Waals surface area contributed by atoms with Crippen molar-refractivity contribution in [1.82, 2.24) is 9.76 Å². The minimum Gasteiger partial charge on any atom is -0.269 e. The van der Waals surface area contributed by atoms with Gasteiger partial charge >= 0.3 is 0 Å². The van der Waals surface area contributed by atoms with Gasteiger partial charge in [0.15, 0.2) is 0 Å². The van der Waals surface area contributed by atoms with E-state index < -0.39 is 7.58 Å². The summed E-state index contributed by atoms with van der Waals surface area (Å²) in [6, 6.07) is 0.761. The molecule has 0 radical (unpaired) electrons. The van der Waals surface area contributed by atoms with Crippen molar-refractivity contribution in [2.45, 2.75) is 25.3 Å². The van der Waals surface area contributed by atoms with Crippen LogP contribution >= 0.6 is 18.8 Å². The number of piperidine rings is 1. The number of rotatable bonds is 0. The molecular formula is C6H12ClN2P. The SMILES string of the molecule is ClP1NCC2CCCCN21. The Morgan fingerprint density at radius 2 is 2.40 bits per heavy atom. The Labute approximate surface area is 67.6 Å². The van der Waals surface area contributed by atoms with E-state index in [4.69, 9.17) is 11.2 Å². The van der Waals surface area contributed by atoms with Crippen molar-refractivity contribution in [3.05, 3.63) is 0 Å². The minimum absolute atomic E-state index is 0.467. The smallest absolute Gasteiger partial charge is 0.137 e. The van der Waals surface area contributed by atoms with Crippen LogP contribution in [0.3, 0.4) is 0 Å². The lowest BCUT2D eigenvalue weighted by atomic mass is 10.1. The van der Waals surface area contributed by atoms with Crippen molar-refractivity contribution in [2.24, 2.45) is 0 Å². The Kier molecular flexibility index (Phi) is 2.15. The van der Waals surface area contributed by atoms with Gasteiger partial charge in [-0.15, -0.1) is 0 Å². The van der Waals surface area contributed by atoms with E-state index in [9.17, 15) is 0 Å². The minimum atomic E-state index is -0.467. The van der Waals surface area contributed by atoms with Gasteiger partial charge in [0.1, 0.15) is 7.58 Å². The third kappa shape index (κ3) is 1.18. The first-order chi connectivity index (χ1) is 4.88. The zero-order valence-corrected chi connectivity index (χ0v) is 7.54. The average Bonchev–Trinajstić information content (AvgIpc) is 2.34. The molecule has 0 bridgehead atoms. The quantitative estimate of drug-likeness (QED) is 0.570. The van der Waals surface area contributed by atoms with E-state index in [0.29, 0.717) is 0 Å². The van der Waals surface area contributed by atoms with Crippen LogP contribution in [0, 0.1) is 0 Å². The first-order valence-corrected chi connectivity index (χ1v) is 6.04. The second-order valence-electron chi connectivity index (χ2n) is 2.94. The van der Waals surface area contributed by atoms with Crippen molar-refractivity contribution in [3.63, 3.8) is 0 Å². The molecule has 10 heavy (non-hydrogen) atoms. The Hall–Kier alpha value is 0.640. The summed E-state index contributed by atoms with van der Waals surface area (Å²) in [4.78, 5) is 0. The van der Waals surface area contributed by atoms with Gasteiger partial charge in [-0.2, -0.15) is 0 Å².